The van der Waals surface area contributed by atoms with Crippen LogP contribution in [0, 0.1) is 0 Å². The number of carbonyl (C=O) groups is 1. The fourth-order valence-corrected chi connectivity index (χ4v) is 3.99. The second kappa shape index (κ2) is 7.77. The molecule has 2 N–H and O–H groups in total. The van der Waals surface area contributed by atoms with E-state index < -0.39 is 22.0 Å². The molecule has 3 aromatic carbocycles. The highest BCUT2D eigenvalue weighted by molar-refractivity contribution is 7.89. The van der Waals surface area contributed by atoms with E-state index in [2.05, 4.69) is 4.72 Å². The standard InChI is InChI=1S/C20H19NO5S/c1-26-17-9-6-14(7-10-17)12-19(20(22)23)21-27(24,25)18-11-8-15-4-2-3-5-16(15)13-18/h2-11,13,19,21H,12H2,1H3,(H,22,23). The predicted molar refractivity (Wildman–Crippen MR) is 102 cm³/mol. The van der Waals surface area contributed by atoms with Crippen LogP contribution in [-0.4, -0.2) is 32.6 Å². The van der Waals surface area contributed by atoms with E-state index in [1.165, 1.54) is 19.2 Å². The van der Waals surface area contributed by atoms with Crippen LogP contribution in [0.1, 0.15) is 5.56 Å². The maximum Gasteiger partial charge on any atom is 0.322 e. The normalized spacial score (nSPS) is 12.6. The van der Waals surface area contributed by atoms with E-state index in [1.807, 2.05) is 18.2 Å². The molecule has 0 aliphatic carbocycles. The maximum atomic E-state index is 12.7. The van der Waals surface area contributed by atoms with Gasteiger partial charge in [0.15, 0.2) is 0 Å². The Labute approximate surface area is 157 Å². The SMILES string of the molecule is COc1ccc(CC(NS(=O)(=O)c2ccc3ccccc3c2)C(=O)O)cc1. The summed E-state index contributed by atoms with van der Waals surface area (Å²) in [5.41, 5.74) is 0.685. The van der Waals surface area contributed by atoms with E-state index in [1.54, 1.807) is 36.4 Å². The van der Waals surface area contributed by atoms with Gasteiger partial charge in [0.05, 0.1) is 12.0 Å². The molecule has 6 nitrogen and oxygen atoms in total. The van der Waals surface area contributed by atoms with E-state index in [0.29, 0.717) is 11.3 Å². The van der Waals surface area contributed by atoms with E-state index >= 15 is 0 Å². The number of sulfonamides is 1. The Balaban J connectivity index is 1.84. The molecule has 0 bridgehead atoms. The predicted octanol–water partition coefficient (Wildman–Crippen LogP) is 2.82. The highest BCUT2D eigenvalue weighted by Crippen LogP contribution is 2.20. The molecule has 7 heteroatoms. The van der Waals surface area contributed by atoms with Gasteiger partial charge in [-0.05, 0) is 47.0 Å². The monoisotopic (exact) mass is 385 g/mol. The van der Waals surface area contributed by atoms with Crippen molar-refractivity contribution in [3.8, 4) is 5.75 Å². The van der Waals surface area contributed by atoms with Crippen LogP contribution in [0.4, 0.5) is 0 Å². The minimum Gasteiger partial charge on any atom is -0.497 e. The van der Waals surface area contributed by atoms with Crippen molar-refractivity contribution >= 4 is 26.8 Å². The van der Waals surface area contributed by atoms with Gasteiger partial charge in [-0.2, -0.15) is 4.72 Å². The van der Waals surface area contributed by atoms with Crippen LogP contribution in [0.25, 0.3) is 10.8 Å². The summed E-state index contributed by atoms with van der Waals surface area (Å²) in [6, 6.07) is 17.6. The fraction of sp³-hybridized carbons (Fsp3) is 0.150. The number of methoxy groups -OCH3 is 1. The maximum absolute atomic E-state index is 12.7. The average Bonchev–Trinajstić information content (AvgIpc) is 2.67. The van der Waals surface area contributed by atoms with Crippen molar-refractivity contribution < 1.29 is 23.1 Å². The lowest BCUT2D eigenvalue weighted by atomic mass is 10.1. The summed E-state index contributed by atoms with van der Waals surface area (Å²) >= 11 is 0. The van der Waals surface area contributed by atoms with E-state index in [-0.39, 0.29) is 11.3 Å². The molecule has 140 valence electrons. The zero-order valence-corrected chi connectivity index (χ0v) is 15.4. The lowest BCUT2D eigenvalue weighted by Crippen LogP contribution is -2.42. The first-order chi connectivity index (χ1) is 12.9. The Bertz CT molecular complexity index is 1060. The van der Waals surface area contributed by atoms with Gasteiger partial charge in [0, 0.05) is 0 Å². The van der Waals surface area contributed by atoms with Gasteiger partial charge in [0.25, 0.3) is 0 Å². The Morgan fingerprint density at radius 1 is 1.04 bits per heavy atom. The summed E-state index contributed by atoms with van der Waals surface area (Å²) in [6.07, 6.45) is 0.0200. The number of hydrogen-bond acceptors (Lipinski definition) is 4. The van der Waals surface area contributed by atoms with Crippen LogP contribution in [0.15, 0.2) is 71.6 Å². The third-order valence-corrected chi connectivity index (χ3v) is 5.69. The van der Waals surface area contributed by atoms with Crippen molar-refractivity contribution in [3.05, 3.63) is 72.3 Å². The number of aliphatic carboxylic acids is 1. The molecule has 3 rings (SSSR count). The second-order valence-electron chi connectivity index (χ2n) is 6.07. The van der Waals surface area contributed by atoms with Gasteiger partial charge in [0.1, 0.15) is 11.8 Å². The average molecular weight is 385 g/mol. The quantitative estimate of drug-likeness (QED) is 0.652. The molecule has 0 radical (unpaired) electrons. The summed E-state index contributed by atoms with van der Waals surface area (Å²) in [5, 5.41) is 11.1. The Morgan fingerprint density at radius 3 is 2.33 bits per heavy atom. The van der Waals surface area contributed by atoms with Crippen molar-refractivity contribution in [3.63, 3.8) is 0 Å². The number of nitrogens with one attached hydrogen (secondary N) is 1. The van der Waals surface area contributed by atoms with E-state index in [9.17, 15) is 18.3 Å². The van der Waals surface area contributed by atoms with Crippen LogP contribution in [-0.2, 0) is 21.2 Å². The zero-order chi connectivity index (χ0) is 19.4. The zero-order valence-electron chi connectivity index (χ0n) is 14.6. The molecular weight excluding hydrogens is 366 g/mol. The van der Waals surface area contributed by atoms with Crippen molar-refractivity contribution in [2.24, 2.45) is 0 Å². The molecule has 0 spiro atoms. The molecule has 0 aromatic heterocycles. The van der Waals surface area contributed by atoms with E-state index in [0.717, 1.165) is 10.8 Å². The van der Waals surface area contributed by atoms with Gasteiger partial charge >= 0.3 is 5.97 Å². The first-order valence-corrected chi connectivity index (χ1v) is 9.74. The molecule has 27 heavy (non-hydrogen) atoms. The van der Waals surface area contributed by atoms with Crippen molar-refractivity contribution in [1.82, 2.24) is 4.72 Å². The second-order valence-corrected chi connectivity index (χ2v) is 7.79. The smallest absolute Gasteiger partial charge is 0.322 e. The third-order valence-electron chi connectivity index (χ3n) is 4.23. The van der Waals surface area contributed by atoms with Crippen LogP contribution in [0.5, 0.6) is 5.75 Å². The minimum absolute atomic E-state index is 0.0200. The Hall–Kier alpha value is -2.90. The molecule has 1 atom stereocenters. The van der Waals surface area contributed by atoms with Gasteiger partial charge in [0.2, 0.25) is 10.0 Å². The summed E-state index contributed by atoms with van der Waals surface area (Å²) < 4.78 is 32.7. The molecular formula is C20H19NO5S. The lowest BCUT2D eigenvalue weighted by molar-refractivity contribution is -0.138. The molecule has 1 unspecified atom stereocenters. The largest absolute Gasteiger partial charge is 0.497 e. The van der Waals surface area contributed by atoms with E-state index in [4.69, 9.17) is 4.74 Å². The highest BCUT2D eigenvalue weighted by Gasteiger charge is 2.26. The number of hydrogen-bond donors (Lipinski definition) is 2. The molecule has 0 amide bonds. The van der Waals surface area contributed by atoms with Crippen LogP contribution >= 0.6 is 0 Å². The highest BCUT2D eigenvalue weighted by atomic mass is 32.2. The van der Waals surface area contributed by atoms with Crippen molar-refractivity contribution in [2.45, 2.75) is 17.4 Å². The minimum atomic E-state index is -3.98. The summed E-state index contributed by atoms with van der Waals surface area (Å²) in [6.45, 7) is 0. The van der Waals surface area contributed by atoms with Gasteiger partial charge in [-0.15, -0.1) is 0 Å². The number of ether oxygens (including phenoxy) is 1. The van der Waals surface area contributed by atoms with Crippen LogP contribution in [0.2, 0.25) is 0 Å². The third kappa shape index (κ3) is 4.45. The first-order valence-electron chi connectivity index (χ1n) is 8.26. The number of benzene rings is 3. The molecule has 0 aliphatic heterocycles. The fourth-order valence-electron chi connectivity index (χ4n) is 2.77. The first kappa shape index (κ1) is 18.9. The number of carboxylic acid groups (broad SMARTS) is 1. The topological polar surface area (TPSA) is 92.7 Å². The Morgan fingerprint density at radius 2 is 1.70 bits per heavy atom. The Kier molecular flexibility index (Phi) is 5.43. The van der Waals surface area contributed by atoms with Crippen LogP contribution < -0.4 is 9.46 Å². The van der Waals surface area contributed by atoms with Gasteiger partial charge < -0.3 is 9.84 Å². The molecule has 0 heterocycles. The summed E-state index contributed by atoms with van der Waals surface area (Å²) in [4.78, 5) is 11.6. The molecule has 0 fully saturated rings. The van der Waals surface area contributed by atoms with Gasteiger partial charge in [-0.3, -0.25) is 4.79 Å². The summed E-state index contributed by atoms with van der Waals surface area (Å²) in [7, 11) is -2.45. The van der Waals surface area contributed by atoms with Gasteiger partial charge in [-0.25, -0.2) is 8.42 Å². The number of rotatable bonds is 7. The lowest BCUT2D eigenvalue weighted by Gasteiger charge is -2.15. The van der Waals surface area contributed by atoms with Gasteiger partial charge in [-0.1, -0.05) is 42.5 Å². The molecule has 0 saturated carbocycles. The number of fused-ring (bicyclic) bond motifs is 1. The van der Waals surface area contributed by atoms with Crippen molar-refractivity contribution in [1.29, 1.82) is 0 Å². The molecule has 0 aliphatic rings. The molecule has 3 aromatic rings. The number of carboxylic acids is 1. The van der Waals surface area contributed by atoms with Crippen molar-refractivity contribution in [2.75, 3.05) is 7.11 Å². The molecule has 0 saturated heterocycles. The summed E-state index contributed by atoms with van der Waals surface area (Å²) in [5.74, 6) is -0.599. The van der Waals surface area contributed by atoms with Crippen LogP contribution in [0.3, 0.4) is 0 Å².